The van der Waals surface area contributed by atoms with Crippen molar-refractivity contribution in [2.45, 2.75) is 6.43 Å². The van der Waals surface area contributed by atoms with Crippen LogP contribution in [-0.2, 0) is 0 Å². The van der Waals surface area contributed by atoms with E-state index in [1.54, 1.807) is 0 Å². The predicted octanol–water partition coefficient (Wildman–Crippen LogP) is 5.66. The quantitative estimate of drug-likeness (QED) is 0.329. The van der Waals surface area contributed by atoms with Crippen LogP contribution < -0.4 is 15.4 Å². The number of carbonyl (C=O) groups is 1. The number of amides is 2. The lowest BCUT2D eigenvalue weighted by Gasteiger charge is -2.12. The number of aromatic amines is 1. The van der Waals surface area contributed by atoms with E-state index in [0.717, 1.165) is 24.3 Å². The molecular formula is C19H11ClF4N6O2. The van der Waals surface area contributed by atoms with Crippen molar-refractivity contribution in [1.29, 1.82) is 0 Å². The van der Waals surface area contributed by atoms with Crippen LogP contribution >= 0.6 is 11.6 Å². The lowest BCUT2D eigenvalue weighted by atomic mass is 10.2. The van der Waals surface area contributed by atoms with Gasteiger partial charge in [0, 0.05) is 30.2 Å². The zero-order valence-electron chi connectivity index (χ0n) is 15.7. The summed E-state index contributed by atoms with van der Waals surface area (Å²) in [7, 11) is 0. The molecular weight excluding hydrogens is 456 g/mol. The number of rotatable bonds is 5. The number of fused-ring (bicyclic) bond motifs is 1. The third kappa shape index (κ3) is 4.39. The van der Waals surface area contributed by atoms with Crippen molar-refractivity contribution in [3.8, 4) is 11.5 Å². The van der Waals surface area contributed by atoms with Gasteiger partial charge in [0.15, 0.2) is 23.2 Å². The summed E-state index contributed by atoms with van der Waals surface area (Å²) in [4.78, 5) is 18.8. The van der Waals surface area contributed by atoms with Crippen LogP contribution in [0.2, 0.25) is 5.02 Å². The van der Waals surface area contributed by atoms with Gasteiger partial charge in [-0.25, -0.2) is 27.3 Å². The molecule has 0 bridgehead atoms. The molecule has 0 aliphatic heterocycles. The number of benzene rings is 1. The minimum Gasteiger partial charge on any atom is -0.450 e. The number of hydrogen-bond donors (Lipinski definition) is 3. The lowest BCUT2D eigenvalue weighted by Crippen LogP contribution is -2.20. The van der Waals surface area contributed by atoms with Crippen LogP contribution in [0.15, 0.2) is 42.7 Å². The van der Waals surface area contributed by atoms with Crippen LogP contribution in [-0.4, -0.2) is 26.2 Å². The minimum absolute atomic E-state index is 0.0725. The summed E-state index contributed by atoms with van der Waals surface area (Å²) in [5.74, 6) is -2.98. The first-order valence-corrected chi connectivity index (χ1v) is 9.18. The largest absolute Gasteiger partial charge is 0.450 e. The second-order valence-corrected chi connectivity index (χ2v) is 6.67. The zero-order valence-corrected chi connectivity index (χ0v) is 16.4. The molecule has 0 radical (unpaired) electrons. The van der Waals surface area contributed by atoms with Gasteiger partial charge in [0.2, 0.25) is 0 Å². The molecule has 0 aliphatic rings. The Morgan fingerprint density at radius 1 is 1.09 bits per heavy atom. The Hall–Kier alpha value is -3.93. The van der Waals surface area contributed by atoms with Gasteiger partial charge in [0.05, 0.1) is 10.4 Å². The summed E-state index contributed by atoms with van der Waals surface area (Å²) in [6, 6.07) is 4.22. The molecule has 0 unspecified atom stereocenters. The van der Waals surface area contributed by atoms with Crippen LogP contribution in [0.5, 0.6) is 11.5 Å². The van der Waals surface area contributed by atoms with Crippen LogP contribution in [0.25, 0.3) is 11.0 Å². The Balaban J connectivity index is 1.50. The Labute approximate surface area is 181 Å². The number of carbonyl (C=O) groups excluding carboxylic acids is 1. The van der Waals surface area contributed by atoms with E-state index >= 15 is 0 Å². The second kappa shape index (κ2) is 8.67. The van der Waals surface area contributed by atoms with Crippen molar-refractivity contribution < 1.29 is 27.1 Å². The highest BCUT2D eigenvalue weighted by atomic mass is 35.5. The monoisotopic (exact) mass is 466 g/mol. The Morgan fingerprint density at radius 3 is 2.50 bits per heavy atom. The van der Waals surface area contributed by atoms with Gasteiger partial charge in [0.1, 0.15) is 17.1 Å². The lowest BCUT2D eigenvalue weighted by molar-refractivity contribution is 0.145. The van der Waals surface area contributed by atoms with Gasteiger partial charge in [-0.15, -0.1) is 10.2 Å². The second-order valence-electron chi connectivity index (χ2n) is 6.26. The zero-order chi connectivity index (χ0) is 22.8. The molecule has 4 rings (SSSR count). The molecule has 0 spiro atoms. The minimum atomic E-state index is -2.81. The third-order valence-corrected chi connectivity index (χ3v) is 4.40. The summed E-state index contributed by atoms with van der Waals surface area (Å²) in [6.07, 6.45) is 0.0150. The van der Waals surface area contributed by atoms with Gasteiger partial charge >= 0.3 is 6.03 Å². The number of H-pyrrole nitrogens is 1. The molecule has 1 aromatic carbocycles. The number of nitrogens with zero attached hydrogens (tertiary/aromatic N) is 3. The first-order chi connectivity index (χ1) is 15.3. The number of aromatic nitrogens is 4. The molecule has 2 amide bonds. The smallest absolute Gasteiger partial charge is 0.324 e. The standard InChI is InChI=1S/C19H11ClF4N6O2/c20-9-7-26-18-15(9)13(3-4-25-18)32-16-10(21)5-8(6-11(16)22)27-19(31)28-14-2-1-12(17(23)24)29-30-14/h1-7,17H,(H,25,26)(H2,27,28,30,31). The molecule has 4 aromatic rings. The molecule has 8 nitrogen and oxygen atoms in total. The van der Waals surface area contributed by atoms with Gasteiger partial charge in [-0.05, 0) is 18.2 Å². The van der Waals surface area contributed by atoms with E-state index in [1.807, 2.05) is 0 Å². The molecule has 3 N–H and O–H groups in total. The average Bonchev–Trinajstić information content (AvgIpc) is 3.13. The number of hydrogen-bond acceptors (Lipinski definition) is 5. The molecule has 0 saturated carbocycles. The van der Waals surface area contributed by atoms with Crippen molar-refractivity contribution in [3.63, 3.8) is 0 Å². The molecule has 3 heterocycles. The molecule has 32 heavy (non-hydrogen) atoms. The number of ether oxygens (including phenoxy) is 1. The van der Waals surface area contributed by atoms with Crippen LogP contribution in [0.1, 0.15) is 12.1 Å². The van der Waals surface area contributed by atoms with Gasteiger partial charge < -0.3 is 15.0 Å². The van der Waals surface area contributed by atoms with Crippen LogP contribution in [0, 0.1) is 11.6 Å². The van der Waals surface area contributed by atoms with Crippen LogP contribution in [0.3, 0.4) is 0 Å². The van der Waals surface area contributed by atoms with Crippen molar-refractivity contribution in [2.24, 2.45) is 0 Å². The fourth-order valence-electron chi connectivity index (χ4n) is 2.72. The summed E-state index contributed by atoms with van der Waals surface area (Å²) in [5.41, 5.74) is -0.433. The van der Waals surface area contributed by atoms with Crippen molar-refractivity contribution >= 4 is 40.2 Å². The molecule has 0 saturated heterocycles. The highest BCUT2D eigenvalue weighted by molar-refractivity contribution is 6.36. The summed E-state index contributed by atoms with van der Waals surface area (Å²) in [5, 5.41) is 11.7. The van der Waals surface area contributed by atoms with E-state index in [-0.39, 0.29) is 22.3 Å². The topological polar surface area (TPSA) is 105 Å². The number of urea groups is 1. The van der Waals surface area contributed by atoms with Gasteiger partial charge in [-0.2, -0.15) is 0 Å². The predicted molar refractivity (Wildman–Crippen MR) is 107 cm³/mol. The fourth-order valence-corrected chi connectivity index (χ4v) is 2.95. The summed E-state index contributed by atoms with van der Waals surface area (Å²) in [6.45, 7) is 0. The molecule has 164 valence electrons. The summed E-state index contributed by atoms with van der Waals surface area (Å²) < 4.78 is 59.4. The van der Waals surface area contributed by atoms with Gasteiger partial charge in [0.25, 0.3) is 6.43 Å². The van der Waals surface area contributed by atoms with E-state index in [4.69, 9.17) is 16.3 Å². The molecule has 3 aromatic heterocycles. The van der Waals surface area contributed by atoms with E-state index in [9.17, 15) is 22.4 Å². The molecule has 0 atom stereocenters. The first-order valence-electron chi connectivity index (χ1n) is 8.80. The Kier molecular flexibility index (Phi) is 5.77. The maximum Gasteiger partial charge on any atom is 0.324 e. The highest BCUT2D eigenvalue weighted by Gasteiger charge is 2.18. The van der Waals surface area contributed by atoms with Gasteiger partial charge in [-0.3, -0.25) is 5.32 Å². The number of halogens is 5. The van der Waals surface area contributed by atoms with Crippen molar-refractivity contribution in [3.05, 3.63) is 65.1 Å². The third-order valence-electron chi connectivity index (χ3n) is 4.11. The maximum absolute atomic E-state index is 14.5. The normalized spacial score (nSPS) is 11.1. The van der Waals surface area contributed by atoms with Crippen molar-refractivity contribution in [2.75, 3.05) is 10.6 Å². The number of nitrogens with one attached hydrogen (secondary N) is 3. The Morgan fingerprint density at radius 2 is 1.84 bits per heavy atom. The maximum atomic E-state index is 14.5. The first kappa shape index (κ1) is 21.3. The number of alkyl halides is 2. The fraction of sp³-hybridized carbons (Fsp3) is 0.0526. The molecule has 0 fully saturated rings. The molecule has 13 heteroatoms. The van der Waals surface area contributed by atoms with E-state index in [1.165, 1.54) is 18.5 Å². The van der Waals surface area contributed by atoms with E-state index < -0.39 is 35.5 Å². The highest BCUT2D eigenvalue weighted by Crippen LogP contribution is 2.36. The average molecular weight is 467 g/mol. The van der Waals surface area contributed by atoms with Gasteiger partial charge in [-0.1, -0.05) is 11.6 Å². The molecule has 0 aliphatic carbocycles. The SMILES string of the molecule is O=C(Nc1cc(F)c(Oc2ccnc3[nH]cc(Cl)c23)c(F)c1)Nc1ccc(C(F)F)nn1. The number of pyridine rings is 1. The van der Waals surface area contributed by atoms with E-state index in [0.29, 0.717) is 11.0 Å². The number of anilines is 2. The van der Waals surface area contributed by atoms with Crippen molar-refractivity contribution in [1.82, 2.24) is 20.2 Å². The van der Waals surface area contributed by atoms with E-state index in [2.05, 4.69) is 30.8 Å². The summed E-state index contributed by atoms with van der Waals surface area (Å²) >= 11 is 6.06. The van der Waals surface area contributed by atoms with Crippen LogP contribution in [0.4, 0.5) is 33.9 Å². The Bertz CT molecular complexity index is 1280.